The zero-order chi connectivity index (χ0) is 14.4. The van der Waals surface area contributed by atoms with Crippen LogP contribution < -0.4 is 10.6 Å². The summed E-state index contributed by atoms with van der Waals surface area (Å²) in [7, 11) is 0. The highest BCUT2D eigenvalue weighted by atomic mass is 16.3. The first-order chi connectivity index (χ1) is 9.72. The molecule has 2 rings (SSSR count). The van der Waals surface area contributed by atoms with Crippen LogP contribution in [-0.2, 0) is 13.0 Å². The largest absolute Gasteiger partial charge is 0.394 e. The molecule has 0 saturated carbocycles. The number of nitrogens with one attached hydrogen (secondary N) is 2. The molecule has 0 unspecified atom stereocenters. The lowest BCUT2D eigenvalue weighted by molar-refractivity contribution is 0.262. The van der Waals surface area contributed by atoms with Crippen LogP contribution in [0.15, 0.2) is 36.7 Å². The fourth-order valence-corrected chi connectivity index (χ4v) is 1.89. The van der Waals surface area contributed by atoms with Gasteiger partial charge in [-0.1, -0.05) is 25.1 Å². The summed E-state index contributed by atoms with van der Waals surface area (Å²) in [6.07, 6.45) is 4.06. The SMILES string of the molecule is CCc1ccccc1NC(=O)Nc1cnn(CCO)c1. The summed E-state index contributed by atoms with van der Waals surface area (Å²) < 4.78 is 1.57. The number of para-hydroxylation sites is 1. The number of aromatic nitrogens is 2. The Kier molecular flexibility index (Phi) is 4.73. The van der Waals surface area contributed by atoms with E-state index < -0.39 is 0 Å². The van der Waals surface area contributed by atoms with Gasteiger partial charge in [0.15, 0.2) is 0 Å². The summed E-state index contributed by atoms with van der Waals surface area (Å²) in [5, 5.41) is 18.3. The number of nitrogens with zero attached hydrogens (tertiary/aromatic N) is 2. The molecule has 106 valence electrons. The molecule has 2 aromatic rings. The number of carbonyl (C=O) groups excluding carboxylic acids is 1. The second-order valence-corrected chi connectivity index (χ2v) is 4.31. The summed E-state index contributed by atoms with van der Waals surface area (Å²) in [5.74, 6) is 0. The standard InChI is InChI=1S/C14H18N4O2/c1-2-11-5-3-4-6-13(11)17-14(20)16-12-9-15-18(10-12)7-8-19/h3-6,9-10,19H,2,7-8H2,1H3,(H2,16,17,20). The fourth-order valence-electron chi connectivity index (χ4n) is 1.89. The van der Waals surface area contributed by atoms with Crippen LogP contribution in [0.4, 0.5) is 16.2 Å². The molecule has 1 heterocycles. The van der Waals surface area contributed by atoms with Crippen LogP contribution in [-0.4, -0.2) is 27.5 Å². The molecule has 0 bridgehead atoms. The molecule has 0 aliphatic carbocycles. The van der Waals surface area contributed by atoms with Gasteiger partial charge in [-0.15, -0.1) is 0 Å². The summed E-state index contributed by atoms with van der Waals surface area (Å²) >= 11 is 0. The first kappa shape index (κ1) is 14.1. The molecule has 0 aliphatic heterocycles. The van der Waals surface area contributed by atoms with Gasteiger partial charge in [0.2, 0.25) is 0 Å². The Hall–Kier alpha value is -2.34. The zero-order valence-electron chi connectivity index (χ0n) is 11.3. The summed E-state index contributed by atoms with van der Waals surface area (Å²) in [5.41, 5.74) is 2.47. The number of aliphatic hydroxyl groups excluding tert-OH is 1. The van der Waals surface area contributed by atoms with Crippen LogP contribution in [0.5, 0.6) is 0 Å². The molecule has 0 aliphatic rings. The molecular weight excluding hydrogens is 256 g/mol. The number of carbonyl (C=O) groups is 1. The van der Waals surface area contributed by atoms with Crippen molar-refractivity contribution in [3.8, 4) is 0 Å². The molecule has 0 atom stereocenters. The highest BCUT2D eigenvalue weighted by Crippen LogP contribution is 2.16. The van der Waals surface area contributed by atoms with Gasteiger partial charge in [-0.3, -0.25) is 4.68 Å². The van der Waals surface area contributed by atoms with Crippen LogP contribution in [0.2, 0.25) is 0 Å². The van der Waals surface area contributed by atoms with E-state index in [2.05, 4.69) is 15.7 Å². The van der Waals surface area contributed by atoms with E-state index in [0.717, 1.165) is 17.7 Å². The van der Waals surface area contributed by atoms with Gasteiger partial charge >= 0.3 is 6.03 Å². The first-order valence-corrected chi connectivity index (χ1v) is 6.52. The van der Waals surface area contributed by atoms with Crippen molar-refractivity contribution in [2.45, 2.75) is 19.9 Å². The van der Waals surface area contributed by atoms with Crippen LogP contribution in [0.25, 0.3) is 0 Å². The van der Waals surface area contributed by atoms with Crippen LogP contribution in [0.3, 0.4) is 0 Å². The fraction of sp³-hybridized carbons (Fsp3) is 0.286. The summed E-state index contributed by atoms with van der Waals surface area (Å²) in [6, 6.07) is 7.37. The average molecular weight is 274 g/mol. The highest BCUT2D eigenvalue weighted by Gasteiger charge is 2.06. The number of benzene rings is 1. The van der Waals surface area contributed by atoms with Gasteiger partial charge in [0, 0.05) is 11.9 Å². The van der Waals surface area contributed by atoms with E-state index >= 15 is 0 Å². The number of hydrogen-bond acceptors (Lipinski definition) is 3. The molecule has 1 aromatic carbocycles. The lowest BCUT2D eigenvalue weighted by Crippen LogP contribution is -2.19. The van der Waals surface area contributed by atoms with Crippen molar-refractivity contribution in [1.82, 2.24) is 9.78 Å². The van der Waals surface area contributed by atoms with Gasteiger partial charge < -0.3 is 15.7 Å². The van der Waals surface area contributed by atoms with E-state index in [1.807, 2.05) is 31.2 Å². The first-order valence-electron chi connectivity index (χ1n) is 6.52. The Labute approximate surface area is 117 Å². The van der Waals surface area contributed by atoms with Crippen LogP contribution in [0, 0.1) is 0 Å². The van der Waals surface area contributed by atoms with Crippen LogP contribution >= 0.6 is 0 Å². The predicted octanol–water partition coefficient (Wildman–Crippen LogP) is 2.08. The van der Waals surface area contributed by atoms with Crippen molar-refractivity contribution in [3.63, 3.8) is 0 Å². The van der Waals surface area contributed by atoms with Gasteiger partial charge in [-0.05, 0) is 18.1 Å². The number of urea groups is 1. The summed E-state index contributed by atoms with van der Waals surface area (Å²) in [6.45, 7) is 2.45. The smallest absolute Gasteiger partial charge is 0.323 e. The average Bonchev–Trinajstić information content (AvgIpc) is 2.87. The molecule has 6 nitrogen and oxygen atoms in total. The third-order valence-electron chi connectivity index (χ3n) is 2.87. The Morgan fingerprint density at radius 3 is 2.90 bits per heavy atom. The van der Waals surface area contributed by atoms with Gasteiger partial charge in [0.25, 0.3) is 0 Å². The molecule has 1 aromatic heterocycles. The lowest BCUT2D eigenvalue weighted by atomic mass is 10.1. The van der Waals surface area contributed by atoms with Crippen molar-refractivity contribution in [2.24, 2.45) is 0 Å². The third-order valence-corrected chi connectivity index (χ3v) is 2.87. The van der Waals surface area contributed by atoms with Gasteiger partial charge in [0.1, 0.15) is 0 Å². The van der Waals surface area contributed by atoms with E-state index in [-0.39, 0.29) is 12.6 Å². The topological polar surface area (TPSA) is 79.2 Å². The zero-order valence-corrected chi connectivity index (χ0v) is 11.3. The number of aryl methyl sites for hydroxylation is 1. The molecular formula is C14H18N4O2. The number of anilines is 2. The number of rotatable bonds is 5. The van der Waals surface area contributed by atoms with Crippen molar-refractivity contribution in [3.05, 3.63) is 42.2 Å². The van der Waals surface area contributed by atoms with Crippen molar-refractivity contribution >= 4 is 17.4 Å². The monoisotopic (exact) mass is 274 g/mol. The summed E-state index contributed by atoms with van der Waals surface area (Å²) in [4.78, 5) is 11.9. The Morgan fingerprint density at radius 2 is 2.15 bits per heavy atom. The van der Waals surface area contributed by atoms with E-state index in [4.69, 9.17) is 5.11 Å². The van der Waals surface area contributed by atoms with Crippen molar-refractivity contribution in [2.75, 3.05) is 17.2 Å². The van der Waals surface area contributed by atoms with Crippen molar-refractivity contribution < 1.29 is 9.90 Å². The van der Waals surface area contributed by atoms with Gasteiger partial charge in [0.05, 0.1) is 25.0 Å². The van der Waals surface area contributed by atoms with Gasteiger partial charge in [-0.25, -0.2) is 4.79 Å². The molecule has 20 heavy (non-hydrogen) atoms. The molecule has 0 radical (unpaired) electrons. The maximum atomic E-state index is 11.9. The molecule has 0 spiro atoms. The predicted molar refractivity (Wildman–Crippen MR) is 77.8 cm³/mol. The molecule has 0 fully saturated rings. The second-order valence-electron chi connectivity index (χ2n) is 4.31. The number of hydrogen-bond donors (Lipinski definition) is 3. The molecule has 6 heteroatoms. The minimum atomic E-state index is -0.311. The maximum Gasteiger partial charge on any atom is 0.323 e. The minimum absolute atomic E-state index is 0.0111. The Morgan fingerprint density at radius 1 is 1.35 bits per heavy atom. The Balaban J connectivity index is 1.97. The molecule has 2 amide bonds. The second kappa shape index (κ2) is 6.72. The third kappa shape index (κ3) is 3.58. The maximum absolute atomic E-state index is 11.9. The van der Waals surface area contributed by atoms with E-state index in [1.54, 1.807) is 17.1 Å². The number of aliphatic hydroxyl groups is 1. The minimum Gasteiger partial charge on any atom is -0.394 e. The lowest BCUT2D eigenvalue weighted by Gasteiger charge is -2.09. The van der Waals surface area contributed by atoms with E-state index in [1.165, 1.54) is 0 Å². The molecule has 3 N–H and O–H groups in total. The van der Waals surface area contributed by atoms with Gasteiger partial charge in [-0.2, -0.15) is 5.10 Å². The van der Waals surface area contributed by atoms with Crippen LogP contribution in [0.1, 0.15) is 12.5 Å². The highest BCUT2D eigenvalue weighted by molar-refractivity contribution is 6.00. The normalized spacial score (nSPS) is 10.3. The van der Waals surface area contributed by atoms with E-state index in [0.29, 0.717) is 12.2 Å². The van der Waals surface area contributed by atoms with E-state index in [9.17, 15) is 4.79 Å². The molecule has 0 saturated heterocycles. The Bertz CT molecular complexity index is 580. The quantitative estimate of drug-likeness (QED) is 0.781. The number of amides is 2. The van der Waals surface area contributed by atoms with Crippen molar-refractivity contribution in [1.29, 1.82) is 0 Å².